The fourth-order valence-corrected chi connectivity index (χ4v) is 1.72. The molecule has 4 nitrogen and oxygen atoms in total. The van der Waals surface area contributed by atoms with Crippen molar-refractivity contribution in [2.45, 2.75) is 13.8 Å². The van der Waals surface area contributed by atoms with E-state index < -0.39 is 0 Å². The van der Waals surface area contributed by atoms with E-state index in [2.05, 4.69) is 9.97 Å². The predicted octanol–water partition coefficient (Wildman–Crippen LogP) is 3.14. The minimum absolute atomic E-state index is 0.149. The van der Waals surface area contributed by atoms with Gasteiger partial charge in [-0.25, -0.2) is 0 Å². The second-order valence-corrected chi connectivity index (χ2v) is 4.08. The lowest BCUT2D eigenvalue weighted by Gasteiger charge is -2.07. The molecule has 0 saturated heterocycles. The summed E-state index contributed by atoms with van der Waals surface area (Å²) in [5.41, 5.74) is 2.78. The average molecular weight is 256 g/mol. The average Bonchev–Trinajstić information content (AvgIpc) is 2.44. The highest BCUT2D eigenvalue weighted by Gasteiger charge is 2.03. The maximum atomic E-state index is 9.65. The van der Waals surface area contributed by atoms with Crippen LogP contribution in [0.3, 0.4) is 0 Å². The van der Waals surface area contributed by atoms with E-state index in [1.165, 1.54) is 0 Å². The maximum absolute atomic E-state index is 9.65. The predicted molar refractivity (Wildman–Crippen MR) is 74.9 cm³/mol. The number of allylic oxidation sites excluding steroid dienone is 1. The Kier molecular flexibility index (Phi) is 4.13. The summed E-state index contributed by atoms with van der Waals surface area (Å²) < 4.78 is 5.36. The molecule has 0 fully saturated rings. The first kappa shape index (κ1) is 13.1. The van der Waals surface area contributed by atoms with Gasteiger partial charge in [0.1, 0.15) is 0 Å². The normalized spacial score (nSPS) is 11.4. The van der Waals surface area contributed by atoms with E-state index >= 15 is 0 Å². The molecule has 1 heterocycles. The summed E-state index contributed by atoms with van der Waals surface area (Å²) in [6, 6.07) is 5.26. The minimum Gasteiger partial charge on any atom is -0.504 e. The molecule has 0 bridgehead atoms. The number of ether oxygens (including phenoxy) is 1. The summed E-state index contributed by atoms with van der Waals surface area (Å²) in [6.45, 7) is 4.37. The molecule has 19 heavy (non-hydrogen) atoms. The van der Waals surface area contributed by atoms with E-state index in [1.54, 1.807) is 30.7 Å². The molecule has 2 rings (SSSR count). The summed E-state index contributed by atoms with van der Waals surface area (Å²) in [5.74, 6) is 0.638. The van der Waals surface area contributed by atoms with Crippen LogP contribution in [0.2, 0.25) is 0 Å². The molecular formula is C15H16N2O2. The SMILES string of the molecule is CCOc1cc(/C=C(\C)c2cnccn2)ccc1O. The topological polar surface area (TPSA) is 55.2 Å². The number of rotatable bonds is 4. The lowest BCUT2D eigenvalue weighted by Crippen LogP contribution is -1.92. The van der Waals surface area contributed by atoms with Crippen LogP contribution >= 0.6 is 0 Å². The van der Waals surface area contributed by atoms with Gasteiger partial charge in [-0.1, -0.05) is 6.07 Å². The molecule has 2 aromatic rings. The van der Waals surface area contributed by atoms with Crippen LogP contribution in [-0.4, -0.2) is 21.7 Å². The highest BCUT2D eigenvalue weighted by Crippen LogP contribution is 2.28. The molecule has 0 aliphatic heterocycles. The van der Waals surface area contributed by atoms with Gasteiger partial charge >= 0.3 is 0 Å². The Balaban J connectivity index is 2.30. The standard InChI is InChI=1S/C15H16N2O2/c1-3-19-15-9-12(4-5-14(15)18)8-11(2)13-10-16-6-7-17-13/h4-10,18H,3H2,1-2H3/b11-8+. The molecule has 98 valence electrons. The Labute approximate surface area is 112 Å². The van der Waals surface area contributed by atoms with E-state index in [0.29, 0.717) is 12.4 Å². The summed E-state index contributed by atoms with van der Waals surface area (Å²) in [6.07, 6.45) is 7.00. The van der Waals surface area contributed by atoms with Gasteiger partial charge in [0.15, 0.2) is 11.5 Å². The van der Waals surface area contributed by atoms with Gasteiger partial charge in [-0.3, -0.25) is 9.97 Å². The third kappa shape index (κ3) is 3.31. The molecule has 0 spiro atoms. The smallest absolute Gasteiger partial charge is 0.161 e. The van der Waals surface area contributed by atoms with Gasteiger partial charge in [-0.15, -0.1) is 0 Å². The maximum Gasteiger partial charge on any atom is 0.161 e. The van der Waals surface area contributed by atoms with Gasteiger partial charge in [-0.05, 0) is 43.2 Å². The van der Waals surface area contributed by atoms with Crippen molar-refractivity contribution in [3.05, 3.63) is 48.0 Å². The van der Waals surface area contributed by atoms with Crippen molar-refractivity contribution in [2.75, 3.05) is 6.61 Å². The zero-order chi connectivity index (χ0) is 13.7. The highest BCUT2D eigenvalue weighted by atomic mass is 16.5. The number of nitrogens with zero attached hydrogens (tertiary/aromatic N) is 2. The molecule has 0 aliphatic carbocycles. The number of phenolic OH excluding ortho intramolecular Hbond substituents is 1. The van der Waals surface area contributed by atoms with E-state index in [-0.39, 0.29) is 5.75 Å². The first-order valence-corrected chi connectivity index (χ1v) is 6.11. The van der Waals surface area contributed by atoms with Crippen LogP contribution in [-0.2, 0) is 0 Å². The van der Waals surface area contributed by atoms with E-state index in [0.717, 1.165) is 16.8 Å². The fraction of sp³-hybridized carbons (Fsp3) is 0.200. The Hall–Kier alpha value is -2.36. The molecule has 1 aromatic carbocycles. The van der Waals surface area contributed by atoms with Crippen LogP contribution in [0, 0.1) is 0 Å². The molecule has 4 heteroatoms. The highest BCUT2D eigenvalue weighted by molar-refractivity contribution is 5.78. The lowest BCUT2D eigenvalue weighted by atomic mass is 10.1. The number of benzene rings is 1. The number of aromatic hydroxyl groups is 1. The number of aromatic nitrogens is 2. The van der Waals surface area contributed by atoms with Gasteiger partial charge in [0, 0.05) is 12.4 Å². The van der Waals surface area contributed by atoms with Gasteiger partial charge in [0.25, 0.3) is 0 Å². The molecule has 0 amide bonds. The van der Waals surface area contributed by atoms with Gasteiger partial charge in [-0.2, -0.15) is 0 Å². The Morgan fingerprint density at radius 2 is 2.21 bits per heavy atom. The molecule has 1 aromatic heterocycles. The van der Waals surface area contributed by atoms with Crippen molar-refractivity contribution in [3.8, 4) is 11.5 Å². The second-order valence-electron chi connectivity index (χ2n) is 4.08. The summed E-state index contributed by atoms with van der Waals surface area (Å²) in [4.78, 5) is 8.28. The van der Waals surface area contributed by atoms with E-state index in [4.69, 9.17) is 4.74 Å². The molecule has 0 radical (unpaired) electrons. The van der Waals surface area contributed by atoms with Crippen molar-refractivity contribution < 1.29 is 9.84 Å². The van der Waals surface area contributed by atoms with Crippen molar-refractivity contribution >= 4 is 11.6 Å². The third-order valence-corrected chi connectivity index (χ3v) is 2.63. The van der Waals surface area contributed by atoms with Crippen LogP contribution < -0.4 is 4.74 Å². The minimum atomic E-state index is 0.149. The second kappa shape index (κ2) is 6.00. The summed E-state index contributed by atoms with van der Waals surface area (Å²) >= 11 is 0. The zero-order valence-corrected chi connectivity index (χ0v) is 11.0. The molecule has 0 unspecified atom stereocenters. The van der Waals surface area contributed by atoms with E-state index in [1.807, 2.05) is 26.0 Å². The Morgan fingerprint density at radius 3 is 2.89 bits per heavy atom. The third-order valence-electron chi connectivity index (χ3n) is 2.63. The largest absolute Gasteiger partial charge is 0.504 e. The van der Waals surface area contributed by atoms with Crippen LogP contribution in [0.25, 0.3) is 11.6 Å². The molecule has 0 saturated carbocycles. The molecule has 1 N–H and O–H groups in total. The van der Waals surface area contributed by atoms with Crippen LogP contribution in [0.1, 0.15) is 25.1 Å². The molecular weight excluding hydrogens is 240 g/mol. The summed E-state index contributed by atoms with van der Waals surface area (Å²) in [7, 11) is 0. The van der Waals surface area contributed by atoms with Gasteiger partial charge in [0.2, 0.25) is 0 Å². The lowest BCUT2D eigenvalue weighted by molar-refractivity contribution is 0.318. The van der Waals surface area contributed by atoms with Crippen molar-refractivity contribution in [1.29, 1.82) is 0 Å². The first-order chi connectivity index (χ1) is 9.20. The van der Waals surface area contributed by atoms with Gasteiger partial charge < -0.3 is 9.84 Å². The monoisotopic (exact) mass is 256 g/mol. The Bertz CT molecular complexity index is 580. The number of hydrogen-bond acceptors (Lipinski definition) is 4. The van der Waals surface area contributed by atoms with Crippen LogP contribution in [0.4, 0.5) is 0 Å². The van der Waals surface area contributed by atoms with Crippen molar-refractivity contribution in [1.82, 2.24) is 9.97 Å². The molecule has 0 atom stereocenters. The van der Waals surface area contributed by atoms with Crippen LogP contribution in [0.15, 0.2) is 36.8 Å². The quantitative estimate of drug-likeness (QED) is 0.913. The summed E-state index contributed by atoms with van der Waals surface area (Å²) in [5, 5.41) is 9.65. The zero-order valence-electron chi connectivity index (χ0n) is 11.0. The van der Waals surface area contributed by atoms with Crippen molar-refractivity contribution in [3.63, 3.8) is 0 Å². The van der Waals surface area contributed by atoms with Crippen LogP contribution in [0.5, 0.6) is 11.5 Å². The fourth-order valence-electron chi connectivity index (χ4n) is 1.72. The first-order valence-electron chi connectivity index (χ1n) is 6.11. The number of hydrogen-bond donors (Lipinski definition) is 1. The van der Waals surface area contributed by atoms with E-state index in [9.17, 15) is 5.11 Å². The Morgan fingerprint density at radius 1 is 1.37 bits per heavy atom. The van der Waals surface area contributed by atoms with Gasteiger partial charge in [0.05, 0.1) is 18.5 Å². The number of phenols is 1. The molecule has 0 aliphatic rings. The van der Waals surface area contributed by atoms with Crippen molar-refractivity contribution in [2.24, 2.45) is 0 Å².